The van der Waals surface area contributed by atoms with Gasteiger partial charge in [0, 0.05) is 36.7 Å². The second-order valence-corrected chi connectivity index (χ2v) is 5.34. The minimum absolute atomic E-state index is 0.0674. The van der Waals surface area contributed by atoms with Crippen LogP contribution in [0.15, 0.2) is 29.2 Å². The van der Waals surface area contributed by atoms with Gasteiger partial charge in [-0.1, -0.05) is 28.9 Å². The van der Waals surface area contributed by atoms with Gasteiger partial charge < -0.3 is 9.47 Å². The van der Waals surface area contributed by atoms with E-state index >= 15 is 0 Å². The molecule has 1 aromatic heterocycles. The van der Waals surface area contributed by atoms with E-state index in [-0.39, 0.29) is 5.56 Å². The maximum Gasteiger partial charge on any atom is 0.250 e. The molecule has 1 unspecified atom stereocenters. The van der Waals surface area contributed by atoms with E-state index in [9.17, 15) is 4.79 Å². The molecule has 0 N–H and O–H groups in total. The van der Waals surface area contributed by atoms with E-state index in [1.807, 2.05) is 12.3 Å². The van der Waals surface area contributed by atoms with Crippen LogP contribution in [0.25, 0.3) is 0 Å². The highest BCUT2D eigenvalue weighted by Gasteiger charge is 2.02. The summed E-state index contributed by atoms with van der Waals surface area (Å²) in [5.74, 6) is 0. The van der Waals surface area contributed by atoms with Crippen LogP contribution >= 0.6 is 15.9 Å². The molecule has 0 fully saturated rings. The Morgan fingerprint density at radius 2 is 2.27 bits per heavy atom. The first-order valence-electron chi connectivity index (χ1n) is 5.07. The van der Waals surface area contributed by atoms with Gasteiger partial charge in [0.1, 0.15) is 0 Å². The van der Waals surface area contributed by atoms with E-state index in [0.29, 0.717) is 4.83 Å². The van der Waals surface area contributed by atoms with Crippen LogP contribution in [0, 0.1) is 0 Å². The fourth-order valence-corrected chi connectivity index (χ4v) is 1.94. The zero-order chi connectivity index (χ0) is 11.3. The zero-order valence-electron chi connectivity index (χ0n) is 9.19. The van der Waals surface area contributed by atoms with Gasteiger partial charge in [-0.15, -0.1) is 0 Å². The molecule has 0 aliphatic heterocycles. The van der Waals surface area contributed by atoms with Gasteiger partial charge in [0.15, 0.2) is 0 Å². The van der Waals surface area contributed by atoms with E-state index in [4.69, 9.17) is 0 Å². The molecule has 1 atom stereocenters. The second kappa shape index (κ2) is 6.08. The molecular formula is C11H17BrN2O. The smallest absolute Gasteiger partial charge is 0.250 e. The molecule has 1 heterocycles. The van der Waals surface area contributed by atoms with Crippen molar-refractivity contribution in [2.24, 2.45) is 0 Å². The number of pyridine rings is 1. The molecule has 1 rings (SSSR count). The monoisotopic (exact) mass is 272 g/mol. The van der Waals surface area contributed by atoms with Gasteiger partial charge in [0.25, 0.3) is 5.56 Å². The fourth-order valence-electron chi connectivity index (χ4n) is 1.44. The molecule has 15 heavy (non-hydrogen) atoms. The summed E-state index contributed by atoms with van der Waals surface area (Å²) in [6, 6.07) is 5.24. The average Bonchev–Trinajstić information content (AvgIpc) is 2.15. The minimum Gasteiger partial charge on any atom is -0.314 e. The van der Waals surface area contributed by atoms with Crippen molar-refractivity contribution in [3.63, 3.8) is 0 Å². The Labute approximate surface area is 98.8 Å². The summed E-state index contributed by atoms with van der Waals surface area (Å²) < 4.78 is 1.73. The van der Waals surface area contributed by atoms with Crippen molar-refractivity contribution in [2.75, 3.05) is 20.1 Å². The molecule has 0 aliphatic rings. The summed E-state index contributed by atoms with van der Waals surface area (Å²) in [5.41, 5.74) is 0.0674. The van der Waals surface area contributed by atoms with Gasteiger partial charge >= 0.3 is 0 Å². The predicted molar refractivity (Wildman–Crippen MR) is 66.6 cm³/mol. The lowest BCUT2D eigenvalue weighted by atomic mass is 10.4. The molecule has 0 spiro atoms. The Morgan fingerprint density at radius 3 is 2.87 bits per heavy atom. The second-order valence-electron chi connectivity index (χ2n) is 3.78. The summed E-state index contributed by atoms with van der Waals surface area (Å²) in [6.45, 7) is 4.74. The molecule has 3 nitrogen and oxygen atoms in total. The Bertz CT molecular complexity index is 348. The van der Waals surface area contributed by atoms with Gasteiger partial charge in [-0.25, -0.2) is 0 Å². The van der Waals surface area contributed by atoms with E-state index in [0.717, 1.165) is 19.6 Å². The first-order valence-corrected chi connectivity index (χ1v) is 5.99. The lowest BCUT2D eigenvalue weighted by molar-refractivity contribution is 0.322. The lowest BCUT2D eigenvalue weighted by Gasteiger charge is -2.18. The molecule has 0 bridgehead atoms. The highest BCUT2D eigenvalue weighted by molar-refractivity contribution is 9.09. The third kappa shape index (κ3) is 4.62. The van der Waals surface area contributed by atoms with E-state index < -0.39 is 0 Å². The standard InChI is InChI=1S/C11H17BrN2O/c1-10(12)9-13(2)7-8-14-6-4-3-5-11(14)15/h3-6,10H,7-9H2,1-2H3. The lowest BCUT2D eigenvalue weighted by Crippen LogP contribution is -2.30. The van der Waals surface area contributed by atoms with Gasteiger partial charge in [-0.05, 0) is 13.1 Å². The van der Waals surface area contributed by atoms with Gasteiger partial charge in [-0.2, -0.15) is 0 Å². The number of alkyl halides is 1. The quantitative estimate of drug-likeness (QED) is 0.761. The number of likely N-dealkylation sites (N-methyl/N-ethyl adjacent to an activating group) is 1. The Balaban J connectivity index is 2.44. The van der Waals surface area contributed by atoms with Crippen LogP contribution < -0.4 is 5.56 Å². The first-order chi connectivity index (χ1) is 7.09. The SMILES string of the molecule is CC(Br)CN(C)CCn1ccccc1=O. The van der Waals surface area contributed by atoms with Gasteiger partial charge in [0.05, 0.1) is 0 Å². The third-order valence-electron chi connectivity index (χ3n) is 2.18. The zero-order valence-corrected chi connectivity index (χ0v) is 10.8. The topological polar surface area (TPSA) is 25.2 Å². The summed E-state index contributed by atoms with van der Waals surface area (Å²) in [6.07, 6.45) is 1.83. The van der Waals surface area contributed by atoms with Crippen LogP contribution in [0.3, 0.4) is 0 Å². The minimum atomic E-state index is 0.0674. The van der Waals surface area contributed by atoms with Crippen LogP contribution in [0.4, 0.5) is 0 Å². The molecule has 0 aromatic carbocycles. The van der Waals surface area contributed by atoms with Crippen molar-refractivity contribution in [3.8, 4) is 0 Å². The summed E-state index contributed by atoms with van der Waals surface area (Å²) >= 11 is 3.51. The van der Waals surface area contributed by atoms with Crippen molar-refractivity contribution in [2.45, 2.75) is 18.3 Å². The van der Waals surface area contributed by atoms with Crippen LogP contribution in [0.2, 0.25) is 0 Å². The number of nitrogens with zero attached hydrogens (tertiary/aromatic N) is 2. The number of aromatic nitrogens is 1. The molecule has 0 saturated heterocycles. The van der Waals surface area contributed by atoms with Crippen molar-refractivity contribution in [1.82, 2.24) is 9.47 Å². The van der Waals surface area contributed by atoms with Crippen LogP contribution in [-0.2, 0) is 6.54 Å². The summed E-state index contributed by atoms with van der Waals surface area (Å²) in [5, 5.41) is 0. The van der Waals surface area contributed by atoms with E-state index in [1.54, 1.807) is 16.7 Å². The van der Waals surface area contributed by atoms with Crippen molar-refractivity contribution < 1.29 is 0 Å². The molecule has 84 valence electrons. The van der Waals surface area contributed by atoms with Crippen LogP contribution in [-0.4, -0.2) is 34.4 Å². The number of halogens is 1. The number of hydrogen-bond donors (Lipinski definition) is 0. The van der Waals surface area contributed by atoms with E-state index in [2.05, 4.69) is 34.8 Å². The van der Waals surface area contributed by atoms with E-state index in [1.165, 1.54) is 0 Å². The maximum atomic E-state index is 11.4. The predicted octanol–water partition coefficient (Wildman–Crippen LogP) is 1.56. The number of rotatable bonds is 5. The molecule has 0 aliphatic carbocycles. The number of hydrogen-bond acceptors (Lipinski definition) is 2. The van der Waals surface area contributed by atoms with Crippen molar-refractivity contribution in [1.29, 1.82) is 0 Å². The van der Waals surface area contributed by atoms with Gasteiger partial charge in [0.2, 0.25) is 0 Å². The molecule has 0 radical (unpaired) electrons. The molecule has 4 heteroatoms. The third-order valence-corrected chi connectivity index (χ3v) is 2.47. The summed E-state index contributed by atoms with van der Waals surface area (Å²) in [4.78, 5) is 14.1. The average molecular weight is 273 g/mol. The van der Waals surface area contributed by atoms with Crippen molar-refractivity contribution >= 4 is 15.9 Å². The Hall–Kier alpha value is -0.610. The highest BCUT2D eigenvalue weighted by Crippen LogP contribution is 1.99. The Morgan fingerprint density at radius 1 is 1.53 bits per heavy atom. The molecule has 0 amide bonds. The molecule has 1 aromatic rings. The van der Waals surface area contributed by atoms with Gasteiger partial charge in [-0.3, -0.25) is 4.79 Å². The first kappa shape index (κ1) is 12.5. The Kier molecular flexibility index (Phi) is 5.05. The van der Waals surface area contributed by atoms with Crippen molar-refractivity contribution in [3.05, 3.63) is 34.7 Å². The highest BCUT2D eigenvalue weighted by atomic mass is 79.9. The molecular weight excluding hydrogens is 256 g/mol. The fraction of sp³-hybridized carbons (Fsp3) is 0.545. The molecule has 0 saturated carbocycles. The normalized spacial score (nSPS) is 13.1. The van der Waals surface area contributed by atoms with Crippen LogP contribution in [0.5, 0.6) is 0 Å². The largest absolute Gasteiger partial charge is 0.314 e. The summed E-state index contributed by atoms with van der Waals surface area (Å²) in [7, 11) is 2.06. The maximum absolute atomic E-state index is 11.4. The van der Waals surface area contributed by atoms with Crippen LogP contribution in [0.1, 0.15) is 6.92 Å².